The van der Waals surface area contributed by atoms with E-state index in [1.807, 2.05) is 6.92 Å². The molecule has 13 heavy (non-hydrogen) atoms. The Hall–Kier alpha value is -1.52. The molecule has 0 amide bonds. The number of carbonyl (C=O) groups excluding carboxylic acids is 1. The lowest BCUT2D eigenvalue weighted by atomic mass is 10.6. The molecular weight excluding hydrogens is 172 g/mol. The van der Waals surface area contributed by atoms with Crippen molar-refractivity contribution in [2.75, 3.05) is 7.11 Å². The summed E-state index contributed by atoms with van der Waals surface area (Å²) in [7, 11) is 1.30. The summed E-state index contributed by atoms with van der Waals surface area (Å²) < 4.78 is 7.28. The van der Waals surface area contributed by atoms with E-state index in [1.165, 1.54) is 16.2 Å². The van der Waals surface area contributed by atoms with Crippen LogP contribution in [0, 0.1) is 0 Å². The first-order valence-electron chi connectivity index (χ1n) is 4.01. The number of imidazole rings is 1. The topological polar surface area (TPSA) is 53.2 Å². The van der Waals surface area contributed by atoms with Crippen molar-refractivity contribution in [3.05, 3.63) is 22.9 Å². The zero-order valence-electron chi connectivity index (χ0n) is 7.69. The largest absolute Gasteiger partial charge is 0.468 e. The number of esters is 1. The number of ether oxygens (including phenoxy) is 1. The van der Waals surface area contributed by atoms with Gasteiger partial charge in [-0.15, -0.1) is 0 Å². The van der Waals surface area contributed by atoms with Gasteiger partial charge in [0.15, 0.2) is 0 Å². The van der Waals surface area contributed by atoms with Crippen molar-refractivity contribution in [1.29, 1.82) is 0 Å². The summed E-state index contributed by atoms with van der Waals surface area (Å²) in [5.74, 6) is -0.420. The first-order valence-corrected chi connectivity index (χ1v) is 4.01. The van der Waals surface area contributed by atoms with Crippen LogP contribution in [-0.4, -0.2) is 22.2 Å². The molecule has 5 nitrogen and oxygen atoms in total. The molecule has 0 atom stereocenters. The van der Waals surface area contributed by atoms with Gasteiger partial charge in [-0.05, 0) is 6.92 Å². The summed E-state index contributed by atoms with van der Waals surface area (Å²) in [6, 6.07) is 0. The van der Waals surface area contributed by atoms with E-state index in [2.05, 4.69) is 4.74 Å². The predicted octanol–water partition coefficient (Wildman–Crippen LogP) is -0.157. The lowest BCUT2D eigenvalue weighted by molar-refractivity contribution is -0.141. The molecule has 0 unspecified atom stereocenters. The Labute approximate surface area is 75.5 Å². The third kappa shape index (κ3) is 1.99. The van der Waals surface area contributed by atoms with E-state index in [9.17, 15) is 9.59 Å². The Kier molecular flexibility index (Phi) is 2.89. The number of aromatic nitrogens is 2. The van der Waals surface area contributed by atoms with Crippen LogP contribution in [0.3, 0.4) is 0 Å². The van der Waals surface area contributed by atoms with E-state index in [4.69, 9.17) is 0 Å². The Balaban J connectivity index is 2.84. The van der Waals surface area contributed by atoms with Crippen molar-refractivity contribution < 1.29 is 9.53 Å². The molecule has 0 spiro atoms. The monoisotopic (exact) mass is 184 g/mol. The molecule has 1 heterocycles. The van der Waals surface area contributed by atoms with Crippen molar-refractivity contribution in [1.82, 2.24) is 9.13 Å². The second-order valence-corrected chi connectivity index (χ2v) is 2.57. The molecule has 0 aliphatic rings. The molecule has 72 valence electrons. The lowest BCUT2D eigenvalue weighted by Crippen LogP contribution is -2.26. The minimum absolute atomic E-state index is 0.0255. The summed E-state index contributed by atoms with van der Waals surface area (Å²) >= 11 is 0. The molecule has 0 bridgehead atoms. The van der Waals surface area contributed by atoms with E-state index in [-0.39, 0.29) is 12.2 Å². The lowest BCUT2D eigenvalue weighted by Gasteiger charge is -1.98. The number of methoxy groups -OCH3 is 1. The van der Waals surface area contributed by atoms with Crippen LogP contribution >= 0.6 is 0 Å². The van der Waals surface area contributed by atoms with Crippen LogP contribution < -0.4 is 5.69 Å². The second kappa shape index (κ2) is 3.93. The average molecular weight is 184 g/mol. The third-order valence-corrected chi connectivity index (χ3v) is 1.79. The normalized spacial score (nSPS) is 10.0. The Bertz CT molecular complexity index is 351. The highest BCUT2D eigenvalue weighted by molar-refractivity contribution is 5.68. The number of carbonyl (C=O) groups is 1. The smallest absolute Gasteiger partial charge is 0.328 e. The van der Waals surface area contributed by atoms with Gasteiger partial charge in [-0.3, -0.25) is 13.9 Å². The Morgan fingerprint density at radius 1 is 1.46 bits per heavy atom. The summed E-state index contributed by atoms with van der Waals surface area (Å²) in [5, 5.41) is 0. The number of aryl methyl sites for hydroxylation is 1. The Morgan fingerprint density at radius 3 is 2.54 bits per heavy atom. The fraction of sp³-hybridized carbons (Fsp3) is 0.500. The van der Waals surface area contributed by atoms with Crippen molar-refractivity contribution in [2.45, 2.75) is 20.0 Å². The molecule has 0 N–H and O–H groups in total. The van der Waals surface area contributed by atoms with Gasteiger partial charge >= 0.3 is 11.7 Å². The molecule has 1 aromatic heterocycles. The van der Waals surface area contributed by atoms with Gasteiger partial charge in [0.1, 0.15) is 6.54 Å². The minimum Gasteiger partial charge on any atom is -0.468 e. The summed E-state index contributed by atoms with van der Waals surface area (Å²) in [5.41, 5.74) is -0.187. The number of nitrogens with zero attached hydrogens (tertiary/aromatic N) is 2. The Morgan fingerprint density at radius 2 is 2.08 bits per heavy atom. The highest BCUT2D eigenvalue weighted by Crippen LogP contribution is 1.86. The summed E-state index contributed by atoms with van der Waals surface area (Å²) in [4.78, 5) is 22.2. The van der Waals surface area contributed by atoms with Gasteiger partial charge in [0.25, 0.3) is 0 Å². The van der Waals surface area contributed by atoms with Gasteiger partial charge in [-0.1, -0.05) is 0 Å². The highest BCUT2D eigenvalue weighted by Gasteiger charge is 2.05. The molecule has 0 saturated heterocycles. The first kappa shape index (κ1) is 9.57. The number of hydrogen-bond donors (Lipinski definition) is 0. The van der Waals surface area contributed by atoms with Crippen LogP contribution in [-0.2, 0) is 22.6 Å². The molecule has 5 heteroatoms. The maximum atomic E-state index is 11.4. The van der Waals surface area contributed by atoms with Crippen LogP contribution in [0.4, 0.5) is 0 Å². The van der Waals surface area contributed by atoms with Crippen molar-refractivity contribution in [2.24, 2.45) is 0 Å². The zero-order valence-corrected chi connectivity index (χ0v) is 7.69. The van der Waals surface area contributed by atoms with Crippen LogP contribution in [0.25, 0.3) is 0 Å². The van der Waals surface area contributed by atoms with Crippen LogP contribution in [0.5, 0.6) is 0 Å². The molecule has 1 aromatic rings. The van der Waals surface area contributed by atoms with E-state index in [0.717, 1.165) is 0 Å². The van der Waals surface area contributed by atoms with Gasteiger partial charge in [0.2, 0.25) is 0 Å². The fourth-order valence-corrected chi connectivity index (χ4v) is 1.02. The molecule has 0 fully saturated rings. The van der Waals surface area contributed by atoms with Gasteiger partial charge in [0.05, 0.1) is 7.11 Å². The van der Waals surface area contributed by atoms with Gasteiger partial charge in [-0.25, -0.2) is 4.79 Å². The first-order chi connectivity index (χ1) is 6.19. The van der Waals surface area contributed by atoms with E-state index in [0.29, 0.717) is 6.54 Å². The molecular formula is C8H12N2O3. The predicted molar refractivity (Wildman–Crippen MR) is 46.4 cm³/mol. The van der Waals surface area contributed by atoms with Crippen LogP contribution in [0.2, 0.25) is 0 Å². The van der Waals surface area contributed by atoms with Crippen molar-refractivity contribution >= 4 is 5.97 Å². The molecule has 0 aliphatic carbocycles. The quantitative estimate of drug-likeness (QED) is 0.613. The summed E-state index contributed by atoms with van der Waals surface area (Å²) in [6.07, 6.45) is 3.22. The van der Waals surface area contributed by atoms with E-state index < -0.39 is 5.97 Å². The number of rotatable bonds is 3. The van der Waals surface area contributed by atoms with E-state index in [1.54, 1.807) is 12.4 Å². The van der Waals surface area contributed by atoms with E-state index >= 15 is 0 Å². The third-order valence-electron chi connectivity index (χ3n) is 1.79. The van der Waals surface area contributed by atoms with Gasteiger partial charge in [-0.2, -0.15) is 0 Å². The average Bonchev–Trinajstić information content (AvgIpc) is 2.48. The van der Waals surface area contributed by atoms with Crippen molar-refractivity contribution in [3.63, 3.8) is 0 Å². The second-order valence-electron chi connectivity index (χ2n) is 2.57. The molecule has 0 aliphatic heterocycles. The molecule has 1 rings (SSSR count). The zero-order chi connectivity index (χ0) is 9.84. The SMILES string of the molecule is CCn1ccn(CC(=O)OC)c1=O. The van der Waals surface area contributed by atoms with Gasteiger partial charge in [0, 0.05) is 18.9 Å². The molecule has 0 radical (unpaired) electrons. The summed E-state index contributed by atoms with van der Waals surface area (Å²) in [6.45, 7) is 2.44. The van der Waals surface area contributed by atoms with Crippen LogP contribution in [0.15, 0.2) is 17.2 Å². The number of hydrogen-bond acceptors (Lipinski definition) is 3. The minimum atomic E-state index is -0.420. The standard InChI is InChI=1S/C8H12N2O3/c1-3-9-4-5-10(8(9)12)6-7(11)13-2/h4-5H,3,6H2,1-2H3. The highest BCUT2D eigenvalue weighted by atomic mass is 16.5. The fourth-order valence-electron chi connectivity index (χ4n) is 1.02. The van der Waals surface area contributed by atoms with Crippen LogP contribution in [0.1, 0.15) is 6.92 Å². The molecule has 0 saturated carbocycles. The maximum Gasteiger partial charge on any atom is 0.328 e. The maximum absolute atomic E-state index is 11.4. The molecule has 0 aromatic carbocycles. The van der Waals surface area contributed by atoms with Gasteiger partial charge < -0.3 is 4.74 Å². The van der Waals surface area contributed by atoms with Crippen molar-refractivity contribution in [3.8, 4) is 0 Å².